The van der Waals surface area contributed by atoms with E-state index in [0.717, 1.165) is 5.56 Å². The van der Waals surface area contributed by atoms with E-state index < -0.39 is 4.92 Å². The fraction of sp³-hybridized carbons (Fsp3) is 0.150. The van der Waals surface area contributed by atoms with Crippen LogP contribution in [0.2, 0.25) is 10.0 Å². The molecule has 1 N–H and O–H groups in total. The lowest BCUT2D eigenvalue weighted by molar-refractivity contribution is -0.384. The number of amides is 1. The van der Waals surface area contributed by atoms with E-state index in [1.165, 1.54) is 23.9 Å². The molecule has 0 fully saturated rings. The van der Waals surface area contributed by atoms with E-state index in [-0.39, 0.29) is 17.3 Å². The number of nitro groups is 1. The SMILES string of the molecule is C=CCn1c(SCC(=O)Nc2cc([N+](=O)[O-])ccc2C)nnc1-c1ccc(Cl)cc1Cl. The number of allylic oxidation sites excluding steroid dienone is 1. The molecular formula is C20H17Cl2N5O3S. The first kappa shape index (κ1) is 22.8. The van der Waals surface area contributed by atoms with Crippen LogP contribution in [0.5, 0.6) is 0 Å². The third-order valence-electron chi connectivity index (χ3n) is 4.24. The van der Waals surface area contributed by atoms with E-state index in [4.69, 9.17) is 23.2 Å². The third kappa shape index (κ3) is 5.43. The van der Waals surface area contributed by atoms with Gasteiger partial charge in [-0.2, -0.15) is 0 Å². The van der Waals surface area contributed by atoms with Gasteiger partial charge in [-0.3, -0.25) is 19.5 Å². The molecule has 3 aromatic rings. The quantitative estimate of drug-likeness (QED) is 0.202. The average Bonchev–Trinajstić information content (AvgIpc) is 3.10. The number of thioether (sulfide) groups is 1. The van der Waals surface area contributed by atoms with Crippen LogP contribution in [-0.4, -0.2) is 31.3 Å². The zero-order valence-corrected chi connectivity index (χ0v) is 18.7. The Morgan fingerprint density at radius 3 is 2.74 bits per heavy atom. The lowest BCUT2D eigenvalue weighted by atomic mass is 10.2. The van der Waals surface area contributed by atoms with Crippen LogP contribution in [0.3, 0.4) is 0 Å². The van der Waals surface area contributed by atoms with Gasteiger partial charge in [0.25, 0.3) is 5.69 Å². The largest absolute Gasteiger partial charge is 0.325 e. The van der Waals surface area contributed by atoms with Crippen molar-refractivity contribution < 1.29 is 9.72 Å². The van der Waals surface area contributed by atoms with Crippen molar-refractivity contribution in [3.05, 3.63) is 74.8 Å². The molecule has 0 aliphatic heterocycles. The second kappa shape index (κ2) is 9.95. The Labute approximate surface area is 192 Å². The number of hydrogen-bond donors (Lipinski definition) is 1. The van der Waals surface area contributed by atoms with Crippen LogP contribution in [0.4, 0.5) is 11.4 Å². The first-order valence-corrected chi connectivity index (χ1v) is 10.7. The number of non-ortho nitro benzene ring substituents is 1. The summed E-state index contributed by atoms with van der Waals surface area (Å²) in [6.07, 6.45) is 1.69. The Morgan fingerprint density at radius 1 is 1.29 bits per heavy atom. The number of nitrogens with zero attached hydrogens (tertiary/aromatic N) is 4. The number of aryl methyl sites for hydroxylation is 1. The summed E-state index contributed by atoms with van der Waals surface area (Å²) in [5, 5.41) is 23.5. The summed E-state index contributed by atoms with van der Waals surface area (Å²) in [4.78, 5) is 22.9. The molecule has 1 aromatic heterocycles. The Morgan fingerprint density at radius 2 is 2.06 bits per heavy atom. The van der Waals surface area contributed by atoms with Crippen molar-refractivity contribution in [3.8, 4) is 11.4 Å². The van der Waals surface area contributed by atoms with Gasteiger partial charge in [0.15, 0.2) is 11.0 Å². The molecule has 0 aliphatic rings. The molecule has 8 nitrogen and oxygen atoms in total. The van der Waals surface area contributed by atoms with Gasteiger partial charge in [0.2, 0.25) is 5.91 Å². The van der Waals surface area contributed by atoms with Crippen LogP contribution in [0.25, 0.3) is 11.4 Å². The zero-order valence-electron chi connectivity index (χ0n) is 16.3. The maximum Gasteiger partial charge on any atom is 0.271 e. The molecule has 0 unspecified atom stereocenters. The van der Waals surface area contributed by atoms with Gasteiger partial charge in [-0.05, 0) is 30.7 Å². The molecule has 2 aromatic carbocycles. The molecule has 1 amide bonds. The number of carbonyl (C=O) groups is 1. The van der Waals surface area contributed by atoms with Crippen LogP contribution in [0.15, 0.2) is 54.2 Å². The van der Waals surface area contributed by atoms with E-state index in [2.05, 4.69) is 22.1 Å². The molecule has 0 saturated carbocycles. The molecule has 3 rings (SSSR count). The fourth-order valence-corrected chi connectivity index (χ4v) is 3.97. The number of rotatable bonds is 8. The van der Waals surface area contributed by atoms with E-state index in [9.17, 15) is 14.9 Å². The minimum atomic E-state index is -0.509. The highest BCUT2D eigenvalue weighted by Gasteiger charge is 2.18. The summed E-state index contributed by atoms with van der Waals surface area (Å²) in [5.41, 5.74) is 1.67. The van der Waals surface area contributed by atoms with Gasteiger partial charge in [0, 0.05) is 29.3 Å². The number of halogens is 2. The lowest BCUT2D eigenvalue weighted by Gasteiger charge is -2.10. The van der Waals surface area contributed by atoms with Gasteiger partial charge in [-0.15, -0.1) is 16.8 Å². The number of nitrogens with one attached hydrogen (secondary N) is 1. The van der Waals surface area contributed by atoms with Gasteiger partial charge >= 0.3 is 0 Å². The maximum absolute atomic E-state index is 12.4. The molecule has 11 heteroatoms. The molecule has 0 spiro atoms. The third-order valence-corrected chi connectivity index (χ3v) is 5.75. The van der Waals surface area contributed by atoms with Crippen molar-refractivity contribution in [1.82, 2.24) is 14.8 Å². The smallest absolute Gasteiger partial charge is 0.271 e. The molecule has 0 atom stereocenters. The lowest BCUT2D eigenvalue weighted by Crippen LogP contribution is -2.15. The van der Waals surface area contributed by atoms with E-state index in [1.807, 2.05) is 0 Å². The number of anilines is 1. The molecule has 0 saturated heterocycles. The second-order valence-electron chi connectivity index (χ2n) is 6.42. The minimum Gasteiger partial charge on any atom is -0.325 e. The fourth-order valence-electron chi connectivity index (χ4n) is 2.73. The first-order chi connectivity index (χ1) is 14.8. The predicted octanol–water partition coefficient (Wildman–Crippen LogP) is 5.39. The highest BCUT2D eigenvalue weighted by Crippen LogP contribution is 2.31. The Balaban J connectivity index is 1.77. The maximum atomic E-state index is 12.4. The molecule has 0 radical (unpaired) electrons. The molecule has 0 aliphatic carbocycles. The monoisotopic (exact) mass is 477 g/mol. The van der Waals surface area contributed by atoms with Gasteiger partial charge in [-0.25, -0.2) is 0 Å². The van der Waals surface area contributed by atoms with Crippen LogP contribution < -0.4 is 5.32 Å². The predicted molar refractivity (Wildman–Crippen MR) is 123 cm³/mol. The number of hydrogen-bond acceptors (Lipinski definition) is 6. The van der Waals surface area contributed by atoms with Gasteiger partial charge in [-0.1, -0.05) is 47.1 Å². The van der Waals surface area contributed by atoms with Crippen molar-refractivity contribution >= 4 is 52.2 Å². The van der Waals surface area contributed by atoms with E-state index in [0.29, 0.717) is 38.8 Å². The number of aromatic nitrogens is 3. The van der Waals surface area contributed by atoms with Crippen molar-refractivity contribution in [2.45, 2.75) is 18.6 Å². The minimum absolute atomic E-state index is 0.0335. The average molecular weight is 478 g/mol. The van der Waals surface area contributed by atoms with Gasteiger partial charge < -0.3 is 5.32 Å². The van der Waals surface area contributed by atoms with Crippen molar-refractivity contribution in [1.29, 1.82) is 0 Å². The molecular weight excluding hydrogens is 461 g/mol. The van der Waals surface area contributed by atoms with E-state index in [1.54, 1.807) is 41.8 Å². The molecule has 31 heavy (non-hydrogen) atoms. The van der Waals surface area contributed by atoms with E-state index >= 15 is 0 Å². The van der Waals surface area contributed by atoms with Gasteiger partial charge in [0.05, 0.1) is 21.4 Å². The summed E-state index contributed by atoms with van der Waals surface area (Å²) in [6.45, 7) is 5.93. The standard InChI is InChI=1S/C20H17Cl2N5O3S/c1-3-8-26-19(15-7-5-13(21)9-16(15)22)24-25-20(26)31-11-18(28)23-17-10-14(27(29)30)6-4-12(17)2/h3-7,9-10H,1,8,11H2,2H3,(H,23,28). The van der Waals surface area contributed by atoms with Crippen LogP contribution in [0.1, 0.15) is 5.56 Å². The number of carbonyl (C=O) groups excluding carboxylic acids is 1. The normalized spacial score (nSPS) is 10.7. The topological polar surface area (TPSA) is 103 Å². The summed E-state index contributed by atoms with van der Waals surface area (Å²) >= 11 is 13.5. The highest BCUT2D eigenvalue weighted by molar-refractivity contribution is 7.99. The first-order valence-electron chi connectivity index (χ1n) is 8.97. The Bertz CT molecular complexity index is 1170. The van der Waals surface area contributed by atoms with Crippen LogP contribution >= 0.6 is 35.0 Å². The summed E-state index contributed by atoms with van der Waals surface area (Å²) in [7, 11) is 0. The van der Waals surface area contributed by atoms with Crippen molar-refractivity contribution in [3.63, 3.8) is 0 Å². The Hall–Kier alpha value is -2.88. The summed E-state index contributed by atoms with van der Waals surface area (Å²) in [6, 6.07) is 9.38. The van der Waals surface area contributed by atoms with Crippen molar-refractivity contribution in [2.75, 3.05) is 11.1 Å². The van der Waals surface area contributed by atoms with Gasteiger partial charge in [0.1, 0.15) is 0 Å². The summed E-state index contributed by atoms with van der Waals surface area (Å²) in [5.74, 6) is 0.234. The second-order valence-corrected chi connectivity index (χ2v) is 8.21. The van der Waals surface area contributed by atoms with Crippen LogP contribution in [0, 0.1) is 17.0 Å². The molecule has 0 bridgehead atoms. The molecule has 160 valence electrons. The number of benzene rings is 2. The molecule has 1 heterocycles. The van der Waals surface area contributed by atoms with Crippen LogP contribution in [-0.2, 0) is 11.3 Å². The summed E-state index contributed by atoms with van der Waals surface area (Å²) < 4.78 is 1.79. The number of nitro benzene ring substituents is 1. The van der Waals surface area contributed by atoms with Crippen molar-refractivity contribution in [2.24, 2.45) is 0 Å². The highest BCUT2D eigenvalue weighted by atomic mass is 35.5. The Kier molecular flexibility index (Phi) is 7.32. The zero-order chi connectivity index (χ0) is 22.5.